The molecular weight excluding hydrogens is 328 g/mol. The summed E-state index contributed by atoms with van der Waals surface area (Å²) >= 11 is 6.25. The second-order valence-corrected chi connectivity index (χ2v) is 6.79. The number of aryl methyl sites for hydroxylation is 1. The summed E-state index contributed by atoms with van der Waals surface area (Å²) < 4.78 is 5.33. The number of piperidine rings is 1. The van der Waals surface area contributed by atoms with Crippen molar-refractivity contribution in [2.45, 2.75) is 33.1 Å². The topological polar surface area (TPSA) is 58.6 Å². The molecule has 2 fully saturated rings. The first-order valence-electron chi connectivity index (χ1n) is 8.74. The number of aromatic nitrogens is 2. The van der Waals surface area contributed by atoms with Crippen LogP contribution in [-0.2, 0) is 16.0 Å². The van der Waals surface area contributed by atoms with Crippen LogP contribution in [0.4, 0.5) is 5.82 Å². The molecule has 0 radical (unpaired) electrons. The number of nitrogens with zero attached hydrogens (tertiary/aromatic N) is 4. The number of morpholine rings is 1. The largest absolute Gasteiger partial charge is 0.378 e. The van der Waals surface area contributed by atoms with Gasteiger partial charge in [0.15, 0.2) is 0 Å². The fourth-order valence-corrected chi connectivity index (χ4v) is 3.55. The molecule has 1 amide bonds. The maximum absolute atomic E-state index is 12.6. The lowest BCUT2D eigenvalue weighted by Crippen LogP contribution is -2.47. The number of carbonyl (C=O) groups excluding carboxylic acids is 1. The van der Waals surface area contributed by atoms with Gasteiger partial charge in [0.2, 0.25) is 5.91 Å². The minimum atomic E-state index is 0.114. The van der Waals surface area contributed by atoms with Crippen LogP contribution < -0.4 is 4.90 Å². The number of amides is 1. The van der Waals surface area contributed by atoms with E-state index in [4.69, 9.17) is 16.3 Å². The van der Waals surface area contributed by atoms with Crippen molar-refractivity contribution in [1.82, 2.24) is 14.9 Å². The average Bonchev–Trinajstić information content (AvgIpc) is 2.64. The second-order valence-electron chi connectivity index (χ2n) is 6.43. The normalized spacial score (nSPS) is 19.6. The molecule has 1 aromatic heterocycles. The fourth-order valence-electron chi connectivity index (χ4n) is 3.37. The Balaban J connectivity index is 1.65. The Morgan fingerprint density at radius 1 is 1.21 bits per heavy atom. The van der Waals surface area contributed by atoms with Gasteiger partial charge in [-0.2, -0.15) is 0 Å². The number of hydrogen-bond donors (Lipinski definition) is 0. The van der Waals surface area contributed by atoms with E-state index in [2.05, 4.69) is 14.9 Å². The molecule has 3 heterocycles. The Kier molecular flexibility index (Phi) is 5.56. The number of hydrogen-bond acceptors (Lipinski definition) is 5. The molecule has 6 nitrogen and oxygen atoms in total. The summed E-state index contributed by atoms with van der Waals surface area (Å²) in [6.07, 6.45) is 2.48. The monoisotopic (exact) mass is 352 g/mol. The number of halogens is 1. The highest BCUT2D eigenvalue weighted by atomic mass is 35.5. The van der Waals surface area contributed by atoms with Crippen LogP contribution in [0.25, 0.3) is 0 Å². The quantitative estimate of drug-likeness (QED) is 0.779. The average molecular weight is 353 g/mol. The highest BCUT2D eigenvalue weighted by Crippen LogP contribution is 2.28. The Hall–Kier alpha value is -1.40. The third-order valence-corrected chi connectivity index (χ3v) is 5.26. The summed E-state index contributed by atoms with van der Waals surface area (Å²) in [5, 5.41) is 0.531. The molecule has 0 spiro atoms. The number of rotatable bonds is 3. The first-order chi connectivity index (χ1) is 11.6. The Bertz CT molecular complexity index is 596. The number of ether oxygens (including phenoxy) is 1. The van der Waals surface area contributed by atoms with Crippen LogP contribution in [0.3, 0.4) is 0 Å². The van der Waals surface area contributed by atoms with E-state index in [1.165, 1.54) is 0 Å². The van der Waals surface area contributed by atoms with E-state index in [1.807, 2.05) is 18.7 Å². The lowest BCUT2D eigenvalue weighted by Gasteiger charge is -2.36. The third kappa shape index (κ3) is 3.64. The van der Waals surface area contributed by atoms with E-state index in [1.54, 1.807) is 0 Å². The molecule has 24 heavy (non-hydrogen) atoms. The van der Waals surface area contributed by atoms with Crippen LogP contribution in [0.15, 0.2) is 0 Å². The molecule has 7 heteroatoms. The molecule has 3 rings (SSSR count). The predicted octanol–water partition coefficient (Wildman–Crippen LogP) is 2.08. The van der Waals surface area contributed by atoms with Crippen LogP contribution in [-0.4, -0.2) is 60.2 Å². The maximum atomic E-state index is 12.6. The van der Waals surface area contributed by atoms with Gasteiger partial charge in [-0.15, -0.1) is 0 Å². The molecule has 0 N–H and O–H groups in total. The van der Waals surface area contributed by atoms with Gasteiger partial charge in [0, 0.05) is 44.1 Å². The highest BCUT2D eigenvalue weighted by molar-refractivity contribution is 6.30. The van der Waals surface area contributed by atoms with Crippen LogP contribution in [0.1, 0.15) is 31.2 Å². The molecule has 0 unspecified atom stereocenters. The predicted molar refractivity (Wildman–Crippen MR) is 93.5 cm³/mol. The molecule has 0 aliphatic carbocycles. The van der Waals surface area contributed by atoms with Crippen LogP contribution in [0.5, 0.6) is 0 Å². The van der Waals surface area contributed by atoms with Gasteiger partial charge in [-0.25, -0.2) is 9.97 Å². The molecule has 0 aromatic carbocycles. The molecule has 2 saturated heterocycles. The van der Waals surface area contributed by atoms with E-state index in [9.17, 15) is 4.79 Å². The highest BCUT2D eigenvalue weighted by Gasteiger charge is 2.30. The van der Waals surface area contributed by atoms with E-state index in [-0.39, 0.29) is 11.8 Å². The molecule has 2 aliphatic rings. The van der Waals surface area contributed by atoms with Gasteiger partial charge < -0.3 is 14.5 Å². The van der Waals surface area contributed by atoms with Gasteiger partial charge >= 0.3 is 0 Å². The summed E-state index contributed by atoms with van der Waals surface area (Å²) in [7, 11) is 0. The zero-order valence-electron chi connectivity index (χ0n) is 14.4. The Morgan fingerprint density at radius 2 is 1.88 bits per heavy atom. The zero-order chi connectivity index (χ0) is 17.1. The van der Waals surface area contributed by atoms with Gasteiger partial charge in [0.25, 0.3) is 0 Å². The van der Waals surface area contributed by atoms with E-state index >= 15 is 0 Å². The van der Waals surface area contributed by atoms with E-state index in [0.717, 1.165) is 62.6 Å². The van der Waals surface area contributed by atoms with Crippen molar-refractivity contribution in [3.63, 3.8) is 0 Å². The van der Waals surface area contributed by atoms with Crippen molar-refractivity contribution in [2.24, 2.45) is 5.92 Å². The SMILES string of the molecule is CCc1nc(Cl)c(C)c(N2CCC(C(=O)N3CCOCC3)CC2)n1. The van der Waals surface area contributed by atoms with E-state index in [0.29, 0.717) is 18.4 Å². The molecule has 2 aliphatic heterocycles. The van der Waals surface area contributed by atoms with Crippen molar-refractivity contribution < 1.29 is 9.53 Å². The summed E-state index contributed by atoms with van der Waals surface area (Å²) in [6.45, 7) is 8.40. The minimum absolute atomic E-state index is 0.114. The molecule has 0 atom stereocenters. The molecule has 132 valence electrons. The standard InChI is InChI=1S/C17H25ClN4O2/c1-3-14-19-15(18)12(2)16(20-14)21-6-4-13(5-7-21)17(23)22-8-10-24-11-9-22/h13H,3-11H2,1-2H3. The van der Waals surface area contributed by atoms with Crippen LogP contribution >= 0.6 is 11.6 Å². The maximum Gasteiger partial charge on any atom is 0.225 e. The summed E-state index contributed by atoms with van der Waals surface area (Å²) in [4.78, 5) is 25.8. The lowest BCUT2D eigenvalue weighted by atomic mass is 9.95. The van der Waals surface area contributed by atoms with Crippen molar-refractivity contribution in [2.75, 3.05) is 44.3 Å². The summed E-state index contributed by atoms with van der Waals surface area (Å²) in [6, 6.07) is 0. The summed E-state index contributed by atoms with van der Waals surface area (Å²) in [5.74, 6) is 2.09. The first-order valence-corrected chi connectivity index (χ1v) is 9.12. The first kappa shape index (κ1) is 17.4. The van der Waals surface area contributed by atoms with Crippen molar-refractivity contribution in [1.29, 1.82) is 0 Å². The van der Waals surface area contributed by atoms with Gasteiger partial charge in [0.1, 0.15) is 16.8 Å². The molecule has 1 aromatic rings. The minimum Gasteiger partial charge on any atom is -0.378 e. The van der Waals surface area contributed by atoms with Gasteiger partial charge in [-0.3, -0.25) is 4.79 Å². The molecular formula is C17H25ClN4O2. The van der Waals surface area contributed by atoms with Crippen molar-refractivity contribution in [3.05, 3.63) is 16.5 Å². The number of anilines is 1. The van der Waals surface area contributed by atoms with E-state index < -0.39 is 0 Å². The Morgan fingerprint density at radius 3 is 2.50 bits per heavy atom. The van der Waals surface area contributed by atoms with Crippen molar-refractivity contribution >= 4 is 23.3 Å². The zero-order valence-corrected chi connectivity index (χ0v) is 15.2. The molecule has 0 saturated carbocycles. The number of carbonyl (C=O) groups is 1. The molecule has 0 bridgehead atoms. The van der Waals surface area contributed by atoms with Gasteiger partial charge in [-0.1, -0.05) is 18.5 Å². The Labute approximate surface area is 148 Å². The lowest BCUT2D eigenvalue weighted by molar-refractivity contribution is -0.140. The van der Waals surface area contributed by atoms with Crippen LogP contribution in [0.2, 0.25) is 5.15 Å². The van der Waals surface area contributed by atoms with Gasteiger partial charge in [0.05, 0.1) is 13.2 Å². The summed E-state index contributed by atoms with van der Waals surface area (Å²) in [5.41, 5.74) is 0.923. The van der Waals surface area contributed by atoms with Gasteiger partial charge in [-0.05, 0) is 19.8 Å². The smallest absolute Gasteiger partial charge is 0.225 e. The van der Waals surface area contributed by atoms with Crippen LogP contribution in [0, 0.1) is 12.8 Å². The third-order valence-electron chi connectivity index (χ3n) is 4.89. The fraction of sp³-hybridized carbons (Fsp3) is 0.706. The van der Waals surface area contributed by atoms with Crippen molar-refractivity contribution in [3.8, 4) is 0 Å². The second kappa shape index (κ2) is 7.66.